The zero-order chi connectivity index (χ0) is 36.7. The lowest BCUT2D eigenvalue weighted by molar-refractivity contribution is 0.661. The van der Waals surface area contributed by atoms with Gasteiger partial charge in [0.2, 0.25) is 0 Å². The molecule has 0 spiro atoms. The minimum absolute atomic E-state index is 0.203. The summed E-state index contributed by atoms with van der Waals surface area (Å²) < 4.78 is 0. The van der Waals surface area contributed by atoms with Crippen LogP contribution in [0.1, 0.15) is 25.0 Å². The van der Waals surface area contributed by atoms with E-state index in [0.717, 1.165) is 0 Å². The van der Waals surface area contributed by atoms with Crippen molar-refractivity contribution in [2.75, 3.05) is 0 Å². The fourth-order valence-electron chi connectivity index (χ4n) is 9.34. The topological polar surface area (TPSA) is 0 Å². The van der Waals surface area contributed by atoms with Crippen LogP contribution in [0.5, 0.6) is 0 Å². The van der Waals surface area contributed by atoms with E-state index < -0.39 is 0 Å². The molecule has 0 saturated carbocycles. The van der Waals surface area contributed by atoms with Crippen LogP contribution >= 0.6 is 0 Å². The van der Waals surface area contributed by atoms with Crippen LogP contribution in [-0.2, 0) is 5.41 Å². The summed E-state index contributed by atoms with van der Waals surface area (Å²) in [6, 6.07) is 72.1. The van der Waals surface area contributed by atoms with Crippen LogP contribution in [-0.4, -0.2) is 0 Å². The molecule has 0 saturated heterocycles. The molecule has 0 aromatic heterocycles. The first kappa shape index (κ1) is 31.7. The van der Waals surface area contributed by atoms with Crippen LogP contribution in [0.25, 0.3) is 98.7 Å². The molecule has 0 nitrogen and oxygen atoms in total. The van der Waals surface area contributed by atoms with Crippen LogP contribution in [0.4, 0.5) is 0 Å². The van der Waals surface area contributed by atoms with Gasteiger partial charge in [-0.1, -0.05) is 172 Å². The van der Waals surface area contributed by atoms with E-state index >= 15 is 0 Å². The van der Waals surface area contributed by atoms with Gasteiger partial charge in [0.15, 0.2) is 0 Å². The minimum atomic E-state index is -0.203. The molecule has 55 heavy (non-hydrogen) atoms. The van der Waals surface area contributed by atoms with Crippen molar-refractivity contribution in [2.45, 2.75) is 19.3 Å². The predicted octanol–water partition coefficient (Wildman–Crippen LogP) is 15.3. The number of hydrogen-bond acceptors (Lipinski definition) is 0. The molecule has 10 aromatic rings. The van der Waals surface area contributed by atoms with Gasteiger partial charge in [0.25, 0.3) is 0 Å². The van der Waals surface area contributed by atoms with Crippen molar-refractivity contribution in [3.63, 3.8) is 0 Å². The zero-order valence-electron chi connectivity index (χ0n) is 31.0. The fraction of sp³-hybridized carbons (Fsp3) is 0.0545. The van der Waals surface area contributed by atoms with Crippen molar-refractivity contribution in [3.05, 3.63) is 205 Å². The Bertz CT molecular complexity index is 2930. The predicted molar refractivity (Wildman–Crippen MR) is 236 cm³/mol. The molecule has 0 amide bonds. The lowest BCUT2D eigenvalue weighted by atomic mass is 9.79. The highest BCUT2D eigenvalue weighted by atomic mass is 14.4. The van der Waals surface area contributed by atoms with Gasteiger partial charge >= 0.3 is 0 Å². The molecule has 0 fully saturated rings. The minimum Gasteiger partial charge on any atom is -0.0622 e. The number of benzene rings is 10. The average molecular weight is 699 g/mol. The Kier molecular flexibility index (Phi) is 7.00. The molecule has 0 unspecified atom stereocenters. The monoisotopic (exact) mass is 698 g/mol. The standard InChI is InChI=1S/C55H38/c1-55(2)51-33-49(43-27-25-39-29-37(21-23-41(39)31-43)35-13-5-3-6-14-35)45-17-9-11-19-47(45)53(51)54-48-20-12-10-18-46(48)50(34-52(54)55)44-28-26-40-30-38(22-24-42(40)32-44)36-15-7-4-8-16-36/h3-34H,1-2H3. The van der Waals surface area contributed by atoms with E-state index in [1.54, 1.807) is 0 Å². The molecule has 10 aromatic carbocycles. The Morgan fingerprint density at radius 2 is 0.600 bits per heavy atom. The SMILES string of the molecule is CC1(C)c2cc(-c3ccc4cc(-c5ccccc5)ccc4c3)c3ccccc3c2-c2c1cc(-c1ccc3cc(-c4ccccc4)ccc3c1)c1ccccc21. The van der Waals surface area contributed by atoms with E-state index in [9.17, 15) is 0 Å². The third-order valence-corrected chi connectivity index (χ3v) is 12.2. The molecule has 1 aliphatic carbocycles. The zero-order valence-corrected chi connectivity index (χ0v) is 31.0. The summed E-state index contributed by atoms with van der Waals surface area (Å²) in [6.45, 7) is 4.84. The maximum absolute atomic E-state index is 2.51. The molecule has 0 atom stereocenters. The number of rotatable bonds is 4. The van der Waals surface area contributed by atoms with Gasteiger partial charge in [0.1, 0.15) is 0 Å². The lowest BCUT2D eigenvalue weighted by Gasteiger charge is -2.24. The van der Waals surface area contributed by atoms with E-state index in [2.05, 4.69) is 208 Å². The Hall–Kier alpha value is -6.76. The molecular weight excluding hydrogens is 661 g/mol. The van der Waals surface area contributed by atoms with E-state index in [0.29, 0.717) is 0 Å². The first-order valence-corrected chi connectivity index (χ1v) is 19.3. The summed E-state index contributed by atoms with van der Waals surface area (Å²) in [5.41, 5.74) is 15.4. The highest BCUT2D eigenvalue weighted by Gasteiger charge is 2.39. The van der Waals surface area contributed by atoms with Crippen molar-refractivity contribution >= 4 is 43.1 Å². The van der Waals surface area contributed by atoms with Crippen LogP contribution in [0.2, 0.25) is 0 Å². The van der Waals surface area contributed by atoms with Crippen molar-refractivity contribution in [1.82, 2.24) is 0 Å². The number of fused-ring (bicyclic) bond motifs is 9. The van der Waals surface area contributed by atoms with Gasteiger partial charge in [-0.15, -0.1) is 0 Å². The van der Waals surface area contributed by atoms with E-state index in [-0.39, 0.29) is 5.41 Å². The van der Waals surface area contributed by atoms with Gasteiger partial charge in [-0.2, -0.15) is 0 Å². The molecule has 0 aliphatic heterocycles. The summed E-state index contributed by atoms with van der Waals surface area (Å²) in [5.74, 6) is 0. The largest absolute Gasteiger partial charge is 0.0622 e. The second-order valence-corrected chi connectivity index (χ2v) is 15.7. The van der Waals surface area contributed by atoms with E-state index in [1.165, 1.54) is 110 Å². The first-order chi connectivity index (χ1) is 27.0. The second-order valence-electron chi connectivity index (χ2n) is 15.7. The molecule has 0 N–H and O–H groups in total. The molecular formula is C55H38. The first-order valence-electron chi connectivity index (χ1n) is 19.3. The van der Waals surface area contributed by atoms with Crippen LogP contribution in [0, 0.1) is 0 Å². The van der Waals surface area contributed by atoms with Crippen LogP contribution in [0.15, 0.2) is 194 Å². The van der Waals surface area contributed by atoms with Crippen molar-refractivity contribution < 1.29 is 0 Å². The summed E-state index contributed by atoms with van der Waals surface area (Å²) in [7, 11) is 0. The van der Waals surface area contributed by atoms with Crippen LogP contribution < -0.4 is 0 Å². The van der Waals surface area contributed by atoms with Gasteiger partial charge in [-0.25, -0.2) is 0 Å². The average Bonchev–Trinajstić information content (AvgIpc) is 3.48. The maximum Gasteiger partial charge on any atom is 0.0159 e. The van der Waals surface area contributed by atoms with Crippen molar-refractivity contribution in [3.8, 4) is 55.6 Å². The van der Waals surface area contributed by atoms with Crippen molar-refractivity contribution in [1.29, 1.82) is 0 Å². The van der Waals surface area contributed by atoms with Gasteiger partial charge in [0, 0.05) is 5.41 Å². The van der Waals surface area contributed by atoms with Crippen LogP contribution in [0.3, 0.4) is 0 Å². The Morgan fingerprint density at radius 1 is 0.273 bits per heavy atom. The third kappa shape index (κ3) is 4.99. The molecule has 11 rings (SSSR count). The Labute approximate surface area is 322 Å². The quantitative estimate of drug-likeness (QED) is 0.172. The van der Waals surface area contributed by atoms with Gasteiger partial charge < -0.3 is 0 Å². The normalized spacial score (nSPS) is 13.1. The smallest absolute Gasteiger partial charge is 0.0159 e. The molecule has 1 aliphatic rings. The molecule has 0 heterocycles. The molecule has 0 heteroatoms. The Morgan fingerprint density at radius 3 is 1.00 bits per heavy atom. The van der Waals surface area contributed by atoms with Gasteiger partial charge in [-0.3, -0.25) is 0 Å². The summed E-state index contributed by atoms with van der Waals surface area (Å²) >= 11 is 0. The van der Waals surface area contributed by atoms with Crippen molar-refractivity contribution in [2.24, 2.45) is 0 Å². The second kappa shape index (κ2) is 12.1. The third-order valence-electron chi connectivity index (χ3n) is 12.2. The summed E-state index contributed by atoms with van der Waals surface area (Å²) in [5, 5.41) is 10.3. The maximum atomic E-state index is 2.51. The van der Waals surface area contributed by atoms with E-state index in [1.807, 2.05) is 0 Å². The summed E-state index contributed by atoms with van der Waals surface area (Å²) in [4.78, 5) is 0. The highest BCUT2D eigenvalue weighted by molar-refractivity contribution is 6.17. The van der Waals surface area contributed by atoms with E-state index in [4.69, 9.17) is 0 Å². The number of hydrogen-bond donors (Lipinski definition) is 0. The molecule has 0 bridgehead atoms. The van der Waals surface area contributed by atoms with Gasteiger partial charge in [0.05, 0.1) is 0 Å². The Balaban J connectivity index is 1.07. The molecule has 0 radical (unpaired) electrons. The summed E-state index contributed by atoms with van der Waals surface area (Å²) in [6.07, 6.45) is 0. The van der Waals surface area contributed by atoms with Gasteiger partial charge in [-0.05, 0) is 146 Å². The lowest BCUT2D eigenvalue weighted by Crippen LogP contribution is -2.15. The fourth-order valence-corrected chi connectivity index (χ4v) is 9.34. The highest BCUT2D eigenvalue weighted by Crippen LogP contribution is 2.56. The molecule has 258 valence electrons.